The molecular weight excluding hydrogens is 328 g/mol. The van der Waals surface area contributed by atoms with Gasteiger partial charge in [-0.2, -0.15) is 0 Å². The first-order valence-corrected chi connectivity index (χ1v) is 9.02. The molecule has 0 unspecified atom stereocenters. The molecule has 1 amide bonds. The summed E-state index contributed by atoms with van der Waals surface area (Å²) in [6.45, 7) is 9.26. The summed E-state index contributed by atoms with van der Waals surface area (Å²) in [4.78, 5) is 23.9. The van der Waals surface area contributed by atoms with E-state index in [1.807, 2.05) is 19.1 Å². The Morgan fingerprint density at radius 3 is 2.27 bits per heavy atom. The number of nitrogens with two attached hydrogens (primary N) is 1. The van der Waals surface area contributed by atoms with Gasteiger partial charge >= 0.3 is 5.97 Å². The van der Waals surface area contributed by atoms with Crippen molar-refractivity contribution in [3.05, 3.63) is 46.8 Å². The van der Waals surface area contributed by atoms with Crippen LogP contribution in [0.5, 0.6) is 0 Å². The Hall–Kier alpha value is -2.56. The van der Waals surface area contributed by atoms with Crippen LogP contribution in [0.3, 0.4) is 0 Å². The predicted molar refractivity (Wildman–Crippen MR) is 103 cm³/mol. The van der Waals surface area contributed by atoms with Crippen LogP contribution in [-0.2, 0) is 17.7 Å². The van der Waals surface area contributed by atoms with Gasteiger partial charge in [-0.05, 0) is 43.4 Å². The maximum absolute atomic E-state index is 12.2. The van der Waals surface area contributed by atoms with Crippen LogP contribution >= 0.6 is 0 Å². The molecule has 0 aliphatic carbocycles. The maximum atomic E-state index is 12.2. The molecule has 5 nitrogen and oxygen atoms in total. The van der Waals surface area contributed by atoms with E-state index in [0.717, 1.165) is 41.9 Å². The topological polar surface area (TPSA) is 74.3 Å². The van der Waals surface area contributed by atoms with Gasteiger partial charge in [0.05, 0.1) is 18.2 Å². The van der Waals surface area contributed by atoms with Crippen LogP contribution in [0.15, 0.2) is 24.3 Å². The van der Waals surface area contributed by atoms with Crippen LogP contribution in [0.2, 0.25) is 0 Å². The number of carbonyl (C=O) groups excluding carboxylic acids is 2. The number of carbonyl (C=O) groups is 2. The van der Waals surface area contributed by atoms with Crippen LogP contribution in [0.1, 0.15) is 59.3 Å². The van der Waals surface area contributed by atoms with Gasteiger partial charge in [0.1, 0.15) is 0 Å². The molecular formula is C21H28N2O3. The molecule has 0 aliphatic rings. The van der Waals surface area contributed by atoms with Gasteiger partial charge in [0, 0.05) is 23.5 Å². The third-order valence-corrected chi connectivity index (χ3v) is 4.74. The second-order valence-electron chi connectivity index (χ2n) is 6.90. The van der Waals surface area contributed by atoms with E-state index in [1.165, 1.54) is 7.11 Å². The highest BCUT2D eigenvalue weighted by Gasteiger charge is 2.24. The molecule has 140 valence electrons. The lowest BCUT2D eigenvalue weighted by molar-refractivity contribution is 0.0600. The van der Waals surface area contributed by atoms with Crippen LogP contribution in [0.4, 0.5) is 0 Å². The number of ether oxygens (including phenoxy) is 1. The van der Waals surface area contributed by atoms with Gasteiger partial charge in [0.2, 0.25) is 0 Å². The summed E-state index contributed by atoms with van der Waals surface area (Å²) in [6, 6.07) is 7.12. The fraction of sp³-hybridized carbons (Fsp3) is 0.429. The van der Waals surface area contributed by atoms with Crippen molar-refractivity contribution >= 4 is 11.9 Å². The lowest BCUT2D eigenvalue weighted by atomic mass is 9.98. The highest BCUT2D eigenvalue weighted by atomic mass is 16.5. The highest BCUT2D eigenvalue weighted by Crippen LogP contribution is 2.34. The van der Waals surface area contributed by atoms with Crippen LogP contribution in [-0.4, -0.2) is 23.6 Å². The number of hydrogen-bond donors (Lipinski definition) is 1. The van der Waals surface area contributed by atoms with Crippen molar-refractivity contribution in [3.8, 4) is 11.1 Å². The van der Waals surface area contributed by atoms with E-state index < -0.39 is 5.91 Å². The minimum atomic E-state index is -0.424. The molecule has 0 saturated carbocycles. The molecule has 1 heterocycles. The molecule has 0 aliphatic heterocycles. The van der Waals surface area contributed by atoms with Crippen molar-refractivity contribution in [1.82, 2.24) is 4.57 Å². The molecule has 1 aromatic carbocycles. The average molecular weight is 356 g/mol. The minimum Gasteiger partial charge on any atom is -0.465 e. The summed E-state index contributed by atoms with van der Waals surface area (Å²) in [7, 11) is 1.36. The third kappa shape index (κ3) is 3.82. The molecule has 1 aromatic heterocycles. The largest absolute Gasteiger partial charge is 0.465 e. The monoisotopic (exact) mass is 356 g/mol. The van der Waals surface area contributed by atoms with Crippen LogP contribution in [0.25, 0.3) is 11.1 Å². The SMILES string of the molecule is CCc1c(-c2ccc(C(=O)OC)cc2)c(C(N)=O)c(C)n1CCC(C)C. The zero-order chi connectivity index (χ0) is 19.4. The van der Waals surface area contributed by atoms with Gasteiger partial charge in [-0.15, -0.1) is 0 Å². The maximum Gasteiger partial charge on any atom is 0.337 e. The Morgan fingerprint density at radius 1 is 1.19 bits per heavy atom. The second-order valence-corrected chi connectivity index (χ2v) is 6.90. The molecule has 2 N–H and O–H groups in total. The lowest BCUT2D eigenvalue weighted by Gasteiger charge is -2.13. The molecule has 0 atom stereocenters. The molecule has 0 bridgehead atoms. The van der Waals surface area contributed by atoms with Crippen molar-refractivity contribution < 1.29 is 14.3 Å². The first-order chi connectivity index (χ1) is 12.3. The van der Waals surface area contributed by atoms with E-state index in [4.69, 9.17) is 10.5 Å². The van der Waals surface area contributed by atoms with E-state index in [2.05, 4.69) is 25.3 Å². The molecule has 0 fully saturated rings. The van der Waals surface area contributed by atoms with E-state index in [1.54, 1.807) is 12.1 Å². The van der Waals surface area contributed by atoms with Gasteiger partial charge in [-0.3, -0.25) is 4.79 Å². The minimum absolute atomic E-state index is 0.381. The first kappa shape index (κ1) is 19.8. The molecule has 0 radical (unpaired) electrons. The third-order valence-electron chi connectivity index (χ3n) is 4.74. The lowest BCUT2D eigenvalue weighted by Crippen LogP contribution is -2.13. The van der Waals surface area contributed by atoms with Gasteiger partial charge < -0.3 is 15.0 Å². The number of primary amides is 1. The Morgan fingerprint density at radius 2 is 1.81 bits per heavy atom. The fourth-order valence-corrected chi connectivity index (χ4v) is 3.36. The smallest absolute Gasteiger partial charge is 0.337 e. The number of benzene rings is 1. The highest BCUT2D eigenvalue weighted by molar-refractivity contribution is 6.02. The number of esters is 1. The van der Waals surface area contributed by atoms with E-state index in [-0.39, 0.29) is 5.97 Å². The van der Waals surface area contributed by atoms with Crippen molar-refractivity contribution in [1.29, 1.82) is 0 Å². The number of hydrogen-bond acceptors (Lipinski definition) is 3. The standard InChI is InChI=1S/C21H28N2O3/c1-6-17-19(15-7-9-16(10-8-15)21(25)26-5)18(20(22)24)14(4)23(17)12-11-13(2)3/h7-10,13H,6,11-12H2,1-5H3,(H2,22,24). The number of methoxy groups -OCH3 is 1. The molecule has 26 heavy (non-hydrogen) atoms. The quantitative estimate of drug-likeness (QED) is 0.763. The molecule has 5 heteroatoms. The van der Waals surface area contributed by atoms with E-state index >= 15 is 0 Å². The van der Waals surface area contributed by atoms with Crippen molar-refractivity contribution in [2.45, 2.75) is 47.1 Å². The summed E-state index contributed by atoms with van der Waals surface area (Å²) in [6.07, 6.45) is 1.82. The second kappa shape index (κ2) is 8.21. The van der Waals surface area contributed by atoms with Gasteiger partial charge in [0.15, 0.2) is 0 Å². The van der Waals surface area contributed by atoms with Gasteiger partial charge in [0.25, 0.3) is 5.91 Å². The van der Waals surface area contributed by atoms with E-state index in [0.29, 0.717) is 17.0 Å². The van der Waals surface area contributed by atoms with Crippen molar-refractivity contribution in [2.75, 3.05) is 7.11 Å². The number of aromatic nitrogens is 1. The fourth-order valence-electron chi connectivity index (χ4n) is 3.36. The first-order valence-electron chi connectivity index (χ1n) is 9.02. The zero-order valence-corrected chi connectivity index (χ0v) is 16.3. The number of nitrogens with zero attached hydrogens (tertiary/aromatic N) is 1. The Balaban J connectivity index is 2.60. The summed E-state index contributed by atoms with van der Waals surface area (Å²) < 4.78 is 6.96. The molecule has 0 spiro atoms. The van der Waals surface area contributed by atoms with E-state index in [9.17, 15) is 9.59 Å². The number of amides is 1. The predicted octanol–water partition coefficient (Wildman–Crippen LogP) is 3.96. The van der Waals surface area contributed by atoms with Crippen LogP contribution < -0.4 is 5.73 Å². The summed E-state index contributed by atoms with van der Waals surface area (Å²) in [5, 5.41) is 0. The number of rotatable bonds is 7. The summed E-state index contributed by atoms with van der Waals surface area (Å²) >= 11 is 0. The van der Waals surface area contributed by atoms with Crippen molar-refractivity contribution in [3.63, 3.8) is 0 Å². The van der Waals surface area contributed by atoms with Crippen LogP contribution in [0, 0.1) is 12.8 Å². The molecule has 2 aromatic rings. The summed E-state index contributed by atoms with van der Waals surface area (Å²) in [5.41, 5.74) is 10.5. The summed E-state index contributed by atoms with van der Waals surface area (Å²) in [5.74, 6) is -0.234. The van der Waals surface area contributed by atoms with Gasteiger partial charge in [-0.1, -0.05) is 32.9 Å². The Bertz CT molecular complexity index is 802. The van der Waals surface area contributed by atoms with Gasteiger partial charge in [-0.25, -0.2) is 4.79 Å². The van der Waals surface area contributed by atoms with Crippen molar-refractivity contribution in [2.24, 2.45) is 11.7 Å². The zero-order valence-electron chi connectivity index (χ0n) is 16.3. The molecule has 2 rings (SSSR count). The Labute approximate surface area is 155 Å². The molecule has 0 saturated heterocycles. The Kier molecular flexibility index (Phi) is 6.24. The normalized spacial score (nSPS) is 11.0. The average Bonchev–Trinajstić information content (AvgIpc) is 2.91.